The molecule has 2 nitrogen and oxygen atoms in total. The summed E-state index contributed by atoms with van der Waals surface area (Å²) < 4.78 is 0. The Hall–Kier alpha value is -0.900. The third-order valence-electron chi connectivity index (χ3n) is 2.73. The Morgan fingerprint density at radius 1 is 1.05 bits per heavy atom. The van der Waals surface area contributed by atoms with Crippen LogP contribution in [0.1, 0.15) is 18.2 Å². The molecule has 0 amide bonds. The molecule has 2 rings (SSSR count). The zero-order valence-electron chi connectivity index (χ0n) is 11.2. The number of aromatic nitrogens is 1. The van der Waals surface area contributed by atoms with E-state index in [1.54, 1.807) is 11.8 Å². The number of rotatable bonds is 6. The molecule has 1 aromatic carbocycles. The molecule has 0 aliphatic heterocycles. The van der Waals surface area contributed by atoms with Crippen LogP contribution in [0.4, 0.5) is 5.82 Å². The highest BCUT2D eigenvalue weighted by Crippen LogP contribution is 2.26. The second-order valence-corrected chi connectivity index (χ2v) is 6.04. The van der Waals surface area contributed by atoms with E-state index in [0.717, 1.165) is 40.1 Å². The second kappa shape index (κ2) is 7.77. The molecule has 0 saturated carbocycles. The molecule has 1 aromatic heterocycles. The van der Waals surface area contributed by atoms with Gasteiger partial charge in [0.15, 0.2) is 0 Å². The minimum Gasteiger partial charge on any atom is -0.370 e. The van der Waals surface area contributed by atoms with Crippen LogP contribution in [-0.2, 0) is 11.5 Å². The van der Waals surface area contributed by atoms with Crippen molar-refractivity contribution >= 4 is 40.8 Å². The maximum absolute atomic E-state index is 6.18. The van der Waals surface area contributed by atoms with E-state index < -0.39 is 0 Å². The fraction of sp³-hybridized carbons (Fsp3) is 0.267. The van der Waals surface area contributed by atoms with Crippen LogP contribution in [0.15, 0.2) is 36.4 Å². The molecule has 0 atom stereocenters. The van der Waals surface area contributed by atoms with Crippen molar-refractivity contribution in [1.82, 2.24) is 4.98 Å². The first-order valence-corrected chi connectivity index (χ1v) is 8.32. The van der Waals surface area contributed by atoms with Gasteiger partial charge in [0, 0.05) is 23.1 Å². The third kappa shape index (κ3) is 4.30. The van der Waals surface area contributed by atoms with E-state index in [1.807, 2.05) is 43.3 Å². The summed E-state index contributed by atoms with van der Waals surface area (Å²) in [5, 5.41) is 4.70. The number of nitrogens with one attached hydrogen (secondary N) is 1. The number of pyridine rings is 1. The summed E-state index contributed by atoms with van der Waals surface area (Å²) in [5.74, 6) is 2.48. The Balaban J connectivity index is 1.97. The quantitative estimate of drug-likeness (QED) is 0.784. The summed E-state index contributed by atoms with van der Waals surface area (Å²) in [5.41, 5.74) is 2.04. The van der Waals surface area contributed by atoms with Gasteiger partial charge in [0.2, 0.25) is 0 Å². The van der Waals surface area contributed by atoms with Crippen LogP contribution in [0.2, 0.25) is 10.0 Å². The number of benzene rings is 1. The maximum Gasteiger partial charge on any atom is 0.126 e. The molecule has 0 aliphatic rings. The van der Waals surface area contributed by atoms with Gasteiger partial charge >= 0.3 is 0 Å². The van der Waals surface area contributed by atoms with Crippen LogP contribution in [0, 0.1) is 0 Å². The SMILES string of the molecule is CCNc1ccc(Cl)c(CSCc2ccccc2Cl)n1. The first-order valence-electron chi connectivity index (χ1n) is 6.41. The van der Waals surface area contributed by atoms with Gasteiger partial charge in [0.1, 0.15) is 5.82 Å². The Bertz CT molecular complexity index is 576. The summed E-state index contributed by atoms with van der Waals surface area (Å²) in [4.78, 5) is 4.52. The predicted molar refractivity (Wildman–Crippen MR) is 89.9 cm³/mol. The molecule has 2 aromatic rings. The van der Waals surface area contributed by atoms with Crippen LogP contribution >= 0.6 is 35.0 Å². The Morgan fingerprint density at radius 2 is 1.85 bits per heavy atom. The first-order chi connectivity index (χ1) is 9.70. The van der Waals surface area contributed by atoms with E-state index in [9.17, 15) is 0 Å². The van der Waals surface area contributed by atoms with Gasteiger partial charge < -0.3 is 5.32 Å². The van der Waals surface area contributed by atoms with Crippen LogP contribution in [-0.4, -0.2) is 11.5 Å². The molecule has 0 fully saturated rings. The van der Waals surface area contributed by atoms with Crippen molar-refractivity contribution in [2.75, 3.05) is 11.9 Å². The van der Waals surface area contributed by atoms with Crippen molar-refractivity contribution < 1.29 is 0 Å². The normalized spacial score (nSPS) is 10.6. The number of thioether (sulfide) groups is 1. The third-order valence-corrected chi connectivity index (χ3v) is 4.44. The first kappa shape index (κ1) is 15.5. The van der Waals surface area contributed by atoms with Crippen LogP contribution in [0.5, 0.6) is 0 Å². The van der Waals surface area contributed by atoms with Crippen LogP contribution in [0.25, 0.3) is 0 Å². The topological polar surface area (TPSA) is 24.9 Å². The number of anilines is 1. The zero-order chi connectivity index (χ0) is 14.4. The molecular weight excluding hydrogens is 311 g/mol. The van der Waals surface area contributed by atoms with Gasteiger partial charge in [-0.2, -0.15) is 11.8 Å². The lowest BCUT2D eigenvalue weighted by Gasteiger charge is -2.08. The van der Waals surface area contributed by atoms with E-state index in [4.69, 9.17) is 23.2 Å². The van der Waals surface area contributed by atoms with Crippen molar-refractivity contribution in [3.05, 3.63) is 57.7 Å². The number of halogens is 2. The lowest BCUT2D eigenvalue weighted by Crippen LogP contribution is -2.01. The Labute approximate surface area is 133 Å². The monoisotopic (exact) mass is 326 g/mol. The lowest BCUT2D eigenvalue weighted by atomic mass is 10.2. The van der Waals surface area contributed by atoms with Crippen molar-refractivity contribution in [3.8, 4) is 0 Å². The van der Waals surface area contributed by atoms with Gasteiger partial charge in [-0.3, -0.25) is 0 Å². The highest BCUT2D eigenvalue weighted by atomic mass is 35.5. The Morgan fingerprint density at radius 3 is 2.60 bits per heavy atom. The minimum atomic E-state index is 0.707. The molecule has 0 bridgehead atoms. The molecule has 0 spiro atoms. The molecule has 1 heterocycles. The number of nitrogens with zero attached hydrogens (tertiary/aromatic N) is 1. The second-order valence-electron chi connectivity index (χ2n) is 4.24. The summed E-state index contributed by atoms with van der Waals surface area (Å²) in [6.07, 6.45) is 0. The summed E-state index contributed by atoms with van der Waals surface area (Å²) in [6.45, 7) is 2.89. The molecule has 5 heteroatoms. The fourth-order valence-corrected chi connectivity index (χ4v) is 3.26. The largest absolute Gasteiger partial charge is 0.370 e. The van der Waals surface area contributed by atoms with E-state index in [2.05, 4.69) is 10.3 Å². The lowest BCUT2D eigenvalue weighted by molar-refractivity contribution is 1.11. The molecule has 106 valence electrons. The molecule has 0 saturated heterocycles. The van der Waals surface area contributed by atoms with Gasteiger partial charge in [-0.1, -0.05) is 41.4 Å². The smallest absolute Gasteiger partial charge is 0.126 e. The van der Waals surface area contributed by atoms with Gasteiger partial charge in [-0.25, -0.2) is 4.98 Å². The predicted octanol–water partition coefficient (Wildman–Crippen LogP) is 5.25. The van der Waals surface area contributed by atoms with Crippen molar-refractivity contribution in [3.63, 3.8) is 0 Å². The van der Waals surface area contributed by atoms with E-state index >= 15 is 0 Å². The van der Waals surface area contributed by atoms with Crippen LogP contribution < -0.4 is 5.32 Å². The summed E-state index contributed by atoms with van der Waals surface area (Å²) in [7, 11) is 0. The average Bonchev–Trinajstić information content (AvgIpc) is 2.44. The molecule has 0 radical (unpaired) electrons. The highest BCUT2D eigenvalue weighted by molar-refractivity contribution is 7.97. The summed E-state index contributed by atoms with van der Waals surface area (Å²) in [6, 6.07) is 11.7. The highest BCUT2D eigenvalue weighted by Gasteiger charge is 2.05. The van der Waals surface area contributed by atoms with Gasteiger partial charge in [0.25, 0.3) is 0 Å². The molecule has 1 N–H and O–H groups in total. The van der Waals surface area contributed by atoms with E-state index in [0.29, 0.717) is 5.02 Å². The van der Waals surface area contributed by atoms with Crippen molar-refractivity contribution in [2.45, 2.75) is 18.4 Å². The van der Waals surface area contributed by atoms with Crippen molar-refractivity contribution in [1.29, 1.82) is 0 Å². The number of hydrogen-bond acceptors (Lipinski definition) is 3. The molecule has 20 heavy (non-hydrogen) atoms. The van der Waals surface area contributed by atoms with E-state index in [1.165, 1.54) is 0 Å². The van der Waals surface area contributed by atoms with Gasteiger partial charge in [0.05, 0.1) is 10.7 Å². The molecule has 0 aliphatic carbocycles. The van der Waals surface area contributed by atoms with Gasteiger partial charge in [-0.15, -0.1) is 0 Å². The van der Waals surface area contributed by atoms with Gasteiger partial charge in [-0.05, 0) is 30.7 Å². The Kier molecular flexibility index (Phi) is 6.02. The minimum absolute atomic E-state index is 0.707. The zero-order valence-corrected chi connectivity index (χ0v) is 13.5. The standard InChI is InChI=1S/C15H16Cl2N2S/c1-2-18-15-8-7-13(17)14(19-15)10-20-9-11-5-3-4-6-12(11)16/h3-8H,2,9-10H2,1H3,(H,18,19). The summed E-state index contributed by atoms with van der Waals surface area (Å²) >= 11 is 14.1. The molecule has 0 unspecified atom stereocenters. The van der Waals surface area contributed by atoms with Crippen LogP contribution in [0.3, 0.4) is 0 Å². The number of hydrogen-bond donors (Lipinski definition) is 1. The van der Waals surface area contributed by atoms with E-state index in [-0.39, 0.29) is 0 Å². The fourth-order valence-electron chi connectivity index (χ4n) is 1.74. The molecular formula is C15H16Cl2N2S. The average molecular weight is 327 g/mol. The van der Waals surface area contributed by atoms with Crippen molar-refractivity contribution in [2.24, 2.45) is 0 Å². The maximum atomic E-state index is 6.18.